The molecule has 2 N–H and O–H groups in total. The quantitative estimate of drug-likeness (QED) is 0.837. The van der Waals surface area contributed by atoms with E-state index >= 15 is 0 Å². The first-order valence-electron chi connectivity index (χ1n) is 6.33. The van der Waals surface area contributed by atoms with Gasteiger partial charge in [0.1, 0.15) is 0 Å². The van der Waals surface area contributed by atoms with Crippen LogP contribution >= 0.6 is 0 Å². The van der Waals surface area contributed by atoms with Crippen LogP contribution in [0.15, 0.2) is 30.3 Å². The van der Waals surface area contributed by atoms with Gasteiger partial charge in [0, 0.05) is 25.0 Å². The van der Waals surface area contributed by atoms with Gasteiger partial charge in [0.15, 0.2) is 0 Å². The fourth-order valence-electron chi connectivity index (χ4n) is 2.31. The van der Waals surface area contributed by atoms with E-state index in [9.17, 15) is 4.79 Å². The van der Waals surface area contributed by atoms with Crippen LogP contribution in [-0.2, 0) is 4.79 Å². The summed E-state index contributed by atoms with van der Waals surface area (Å²) < 4.78 is 0. The van der Waals surface area contributed by atoms with Gasteiger partial charge in [-0.1, -0.05) is 30.3 Å². The SMILES string of the molecule is CC(NC1CCCNC(=O)C1)c1ccccc1. The van der Waals surface area contributed by atoms with E-state index in [0.29, 0.717) is 18.5 Å². The maximum atomic E-state index is 11.5. The summed E-state index contributed by atoms with van der Waals surface area (Å²) in [6, 6.07) is 11.0. The van der Waals surface area contributed by atoms with E-state index in [4.69, 9.17) is 0 Å². The Kier molecular flexibility index (Phi) is 4.15. The van der Waals surface area contributed by atoms with Gasteiger partial charge >= 0.3 is 0 Å². The van der Waals surface area contributed by atoms with Crippen molar-refractivity contribution in [1.82, 2.24) is 10.6 Å². The third-order valence-electron chi connectivity index (χ3n) is 3.27. The molecule has 0 bridgehead atoms. The lowest BCUT2D eigenvalue weighted by Gasteiger charge is -2.21. The summed E-state index contributed by atoms with van der Waals surface area (Å²) in [5.74, 6) is 0.167. The molecule has 2 atom stereocenters. The Hall–Kier alpha value is -1.35. The Morgan fingerprint density at radius 2 is 2.12 bits per heavy atom. The van der Waals surface area contributed by atoms with Crippen molar-refractivity contribution in [2.75, 3.05) is 6.54 Å². The summed E-state index contributed by atoms with van der Waals surface area (Å²) in [5.41, 5.74) is 1.28. The van der Waals surface area contributed by atoms with Crippen molar-refractivity contribution in [3.8, 4) is 0 Å². The Labute approximate surface area is 103 Å². The number of rotatable bonds is 3. The molecule has 1 amide bonds. The van der Waals surface area contributed by atoms with Gasteiger partial charge in [-0.2, -0.15) is 0 Å². The van der Waals surface area contributed by atoms with Crippen LogP contribution in [-0.4, -0.2) is 18.5 Å². The van der Waals surface area contributed by atoms with E-state index < -0.39 is 0 Å². The van der Waals surface area contributed by atoms with E-state index in [-0.39, 0.29) is 5.91 Å². The van der Waals surface area contributed by atoms with Gasteiger partial charge in [-0.05, 0) is 25.3 Å². The lowest BCUT2D eigenvalue weighted by molar-refractivity contribution is -0.121. The predicted molar refractivity (Wildman–Crippen MR) is 68.6 cm³/mol. The normalized spacial score (nSPS) is 22.6. The highest BCUT2D eigenvalue weighted by molar-refractivity contribution is 5.76. The molecule has 0 aromatic heterocycles. The Morgan fingerprint density at radius 3 is 2.88 bits per heavy atom. The molecule has 0 aliphatic carbocycles. The van der Waals surface area contributed by atoms with Crippen LogP contribution in [0.4, 0.5) is 0 Å². The molecule has 3 nitrogen and oxygen atoms in total. The Bertz CT molecular complexity index is 364. The lowest BCUT2D eigenvalue weighted by Crippen LogP contribution is -2.34. The standard InChI is InChI=1S/C14H20N2O/c1-11(12-6-3-2-4-7-12)16-13-8-5-9-15-14(17)10-13/h2-4,6-7,11,13,16H,5,8-10H2,1H3,(H,15,17). The van der Waals surface area contributed by atoms with Crippen LogP contribution in [0.2, 0.25) is 0 Å². The minimum Gasteiger partial charge on any atom is -0.356 e. The first-order chi connectivity index (χ1) is 8.25. The summed E-state index contributed by atoms with van der Waals surface area (Å²) >= 11 is 0. The average Bonchev–Trinajstić information content (AvgIpc) is 2.55. The molecule has 2 rings (SSSR count). The van der Waals surface area contributed by atoms with Crippen LogP contribution in [0.1, 0.15) is 37.8 Å². The monoisotopic (exact) mass is 232 g/mol. The molecule has 17 heavy (non-hydrogen) atoms. The van der Waals surface area contributed by atoms with Crippen LogP contribution in [0.5, 0.6) is 0 Å². The molecule has 1 fully saturated rings. The Morgan fingerprint density at radius 1 is 1.35 bits per heavy atom. The molecule has 0 saturated carbocycles. The van der Waals surface area contributed by atoms with Gasteiger partial charge in [-0.25, -0.2) is 0 Å². The van der Waals surface area contributed by atoms with Crippen LogP contribution < -0.4 is 10.6 Å². The number of amides is 1. The molecule has 1 aliphatic rings. The van der Waals surface area contributed by atoms with Crippen molar-refractivity contribution in [1.29, 1.82) is 0 Å². The van der Waals surface area contributed by atoms with Gasteiger partial charge in [0.25, 0.3) is 0 Å². The van der Waals surface area contributed by atoms with Crippen LogP contribution in [0.3, 0.4) is 0 Å². The molecule has 1 aliphatic heterocycles. The van der Waals surface area contributed by atoms with E-state index in [1.165, 1.54) is 5.56 Å². The molecular weight excluding hydrogens is 212 g/mol. The average molecular weight is 232 g/mol. The summed E-state index contributed by atoms with van der Waals surface area (Å²) in [5, 5.41) is 6.45. The van der Waals surface area contributed by atoms with Crippen LogP contribution in [0.25, 0.3) is 0 Å². The fourth-order valence-corrected chi connectivity index (χ4v) is 2.31. The van der Waals surface area contributed by atoms with Gasteiger partial charge in [0.05, 0.1) is 0 Å². The topological polar surface area (TPSA) is 41.1 Å². The van der Waals surface area contributed by atoms with Crippen molar-refractivity contribution < 1.29 is 4.79 Å². The summed E-state index contributed by atoms with van der Waals surface area (Å²) in [7, 11) is 0. The second-order valence-electron chi connectivity index (χ2n) is 4.69. The van der Waals surface area contributed by atoms with Gasteiger partial charge in [0.2, 0.25) is 5.91 Å². The number of carbonyl (C=O) groups is 1. The highest BCUT2D eigenvalue weighted by Gasteiger charge is 2.19. The highest BCUT2D eigenvalue weighted by atomic mass is 16.1. The number of benzene rings is 1. The first-order valence-corrected chi connectivity index (χ1v) is 6.33. The molecule has 1 aromatic rings. The van der Waals surface area contributed by atoms with E-state index in [1.807, 2.05) is 18.2 Å². The molecule has 2 unspecified atom stereocenters. The second-order valence-corrected chi connectivity index (χ2v) is 4.69. The zero-order chi connectivity index (χ0) is 12.1. The number of nitrogens with one attached hydrogen (secondary N) is 2. The van der Waals surface area contributed by atoms with E-state index in [0.717, 1.165) is 19.4 Å². The summed E-state index contributed by atoms with van der Waals surface area (Å²) in [4.78, 5) is 11.5. The molecule has 0 spiro atoms. The molecule has 92 valence electrons. The molecular formula is C14H20N2O. The Balaban J connectivity index is 1.93. The number of carbonyl (C=O) groups excluding carboxylic acids is 1. The van der Waals surface area contributed by atoms with E-state index in [1.54, 1.807) is 0 Å². The van der Waals surface area contributed by atoms with E-state index in [2.05, 4.69) is 29.7 Å². The maximum absolute atomic E-state index is 11.5. The van der Waals surface area contributed by atoms with Crippen molar-refractivity contribution in [2.24, 2.45) is 0 Å². The molecule has 1 saturated heterocycles. The molecule has 1 aromatic carbocycles. The third-order valence-corrected chi connectivity index (χ3v) is 3.27. The zero-order valence-corrected chi connectivity index (χ0v) is 10.3. The van der Waals surface area contributed by atoms with Crippen molar-refractivity contribution in [3.63, 3.8) is 0 Å². The largest absolute Gasteiger partial charge is 0.356 e. The van der Waals surface area contributed by atoms with Gasteiger partial charge in [-0.15, -0.1) is 0 Å². The van der Waals surface area contributed by atoms with Crippen molar-refractivity contribution >= 4 is 5.91 Å². The van der Waals surface area contributed by atoms with Crippen molar-refractivity contribution in [3.05, 3.63) is 35.9 Å². The molecule has 3 heteroatoms. The minimum atomic E-state index is 0.167. The third kappa shape index (κ3) is 3.56. The molecule has 1 heterocycles. The van der Waals surface area contributed by atoms with Crippen molar-refractivity contribution in [2.45, 2.75) is 38.3 Å². The summed E-state index contributed by atoms with van der Waals surface area (Å²) in [6.45, 7) is 2.97. The highest BCUT2D eigenvalue weighted by Crippen LogP contribution is 2.15. The zero-order valence-electron chi connectivity index (χ0n) is 10.3. The second kappa shape index (κ2) is 5.82. The van der Waals surface area contributed by atoms with Gasteiger partial charge in [-0.3, -0.25) is 4.79 Å². The maximum Gasteiger partial charge on any atom is 0.221 e. The summed E-state index contributed by atoms with van der Waals surface area (Å²) in [6.07, 6.45) is 2.72. The smallest absolute Gasteiger partial charge is 0.221 e. The predicted octanol–water partition coefficient (Wildman–Crippen LogP) is 2.01. The fraction of sp³-hybridized carbons (Fsp3) is 0.500. The molecule has 0 radical (unpaired) electrons. The first kappa shape index (κ1) is 12.1. The van der Waals surface area contributed by atoms with Gasteiger partial charge < -0.3 is 10.6 Å². The van der Waals surface area contributed by atoms with Crippen LogP contribution in [0, 0.1) is 0 Å². The number of hydrogen-bond acceptors (Lipinski definition) is 2. The number of hydrogen-bond donors (Lipinski definition) is 2. The minimum absolute atomic E-state index is 0.167. The lowest BCUT2D eigenvalue weighted by atomic mass is 10.0.